The Morgan fingerprint density at radius 3 is 2.53 bits per heavy atom. The van der Waals surface area contributed by atoms with Crippen LogP contribution in [0.15, 0.2) is 24.4 Å². The molecule has 1 amide bonds. The molecule has 1 aliphatic heterocycles. The zero-order valence-electron chi connectivity index (χ0n) is 23.7. The summed E-state index contributed by atoms with van der Waals surface area (Å²) in [5.41, 5.74) is 4.91. The molecule has 8 heteroatoms. The number of hydrogen-bond donors (Lipinski definition) is 2. The van der Waals surface area contributed by atoms with Crippen LogP contribution >= 0.6 is 0 Å². The lowest BCUT2D eigenvalue weighted by atomic mass is 9.88. The Hall–Kier alpha value is -3.39. The first-order valence-corrected chi connectivity index (χ1v) is 13.1. The number of aryl methyl sites for hydroxylation is 3. The number of pyridine rings is 1. The molecule has 0 saturated carbocycles. The van der Waals surface area contributed by atoms with Crippen LogP contribution in [0.2, 0.25) is 0 Å². The molecular formula is C30H39N3O5. The molecule has 2 N–H and O–H groups in total. The Morgan fingerprint density at radius 1 is 1.18 bits per heavy atom. The minimum Gasteiger partial charge on any atom is -0.493 e. The molecule has 0 bridgehead atoms. The largest absolute Gasteiger partial charge is 0.493 e. The molecule has 0 spiro atoms. The third-order valence-electron chi connectivity index (χ3n) is 6.66. The van der Waals surface area contributed by atoms with E-state index in [4.69, 9.17) is 9.47 Å². The second kappa shape index (κ2) is 10.1. The van der Waals surface area contributed by atoms with Crippen molar-refractivity contribution in [3.8, 4) is 16.9 Å². The van der Waals surface area contributed by atoms with Crippen molar-refractivity contribution in [1.82, 2.24) is 14.9 Å². The summed E-state index contributed by atoms with van der Waals surface area (Å²) >= 11 is 0. The van der Waals surface area contributed by atoms with Crippen molar-refractivity contribution in [1.29, 1.82) is 0 Å². The first-order valence-electron chi connectivity index (χ1n) is 13.1. The van der Waals surface area contributed by atoms with Gasteiger partial charge in [0.1, 0.15) is 5.75 Å². The molecule has 1 aromatic carbocycles. The van der Waals surface area contributed by atoms with Gasteiger partial charge in [-0.2, -0.15) is 5.10 Å². The van der Waals surface area contributed by atoms with E-state index in [0.29, 0.717) is 35.5 Å². The van der Waals surface area contributed by atoms with E-state index in [2.05, 4.69) is 37.3 Å². The average molecular weight is 522 g/mol. The minimum atomic E-state index is -1.23. The van der Waals surface area contributed by atoms with E-state index in [-0.39, 0.29) is 11.3 Å². The molecule has 0 unspecified atom stereocenters. The third kappa shape index (κ3) is 5.55. The van der Waals surface area contributed by atoms with Crippen molar-refractivity contribution < 1.29 is 24.2 Å². The number of aliphatic carboxylic acids is 1. The summed E-state index contributed by atoms with van der Waals surface area (Å²) in [5, 5.41) is 17.9. The zero-order valence-corrected chi connectivity index (χ0v) is 23.7. The summed E-state index contributed by atoms with van der Waals surface area (Å²) in [5.74, 6) is -0.445. The van der Waals surface area contributed by atoms with Crippen LogP contribution in [0.3, 0.4) is 0 Å². The topological polar surface area (TPSA) is 102 Å². The second-order valence-corrected chi connectivity index (χ2v) is 12.3. The lowest BCUT2D eigenvalue weighted by molar-refractivity contribution is -0.160. The number of amides is 1. The second-order valence-electron chi connectivity index (χ2n) is 12.3. The molecule has 1 aliphatic rings. The molecule has 0 aliphatic carbocycles. The monoisotopic (exact) mass is 521 g/mol. The van der Waals surface area contributed by atoms with Crippen LogP contribution in [0.4, 0.5) is 0 Å². The van der Waals surface area contributed by atoms with Crippen LogP contribution < -0.4 is 10.1 Å². The van der Waals surface area contributed by atoms with Gasteiger partial charge in [-0.3, -0.25) is 4.79 Å². The van der Waals surface area contributed by atoms with E-state index < -0.39 is 17.7 Å². The SMILES string of the molecule is Cc1c(-c2ccc3c(c2)CCCO3)c([C@H](OC(C)(C)C)C(=O)O)c(C)n2ncc(C(=O)NCC(C)(C)C)c12. The number of carboxylic acid groups (broad SMARTS) is 1. The molecule has 0 radical (unpaired) electrons. The lowest BCUT2D eigenvalue weighted by Crippen LogP contribution is -2.32. The van der Waals surface area contributed by atoms with Crippen LogP contribution in [0.1, 0.15) is 86.8 Å². The Labute approximate surface area is 224 Å². The van der Waals surface area contributed by atoms with Gasteiger partial charge in [-0.15, -0.1) is 0 Å². The summed E-state index contributed by atoms with van der Waals surface area (Å²) in [7, 11) is 0. The summed E-state index contributed by atoms with van der Waals surface area (Å²) in [4.78, 5) is 25.9. The zero-order chi connectivity index (χ0) is 28.0. The van der Waals surface area contributed by atoms with E-state index >= 15 is 0 Å². The van der Waals surface area contributed by atoms with Crippen molar-refractivity contribution in [2.45, 2.75) is 79.9 Å². The van der Waals surface area contributed by atoms with Gasteiger partial charge >= 0.3 is 5.97 Å². The Morgan fingerprint density at radius 2 is 1.89 bits per heavy atom. The van der Waals surface area contributed by atoms with Crippen LogP contribution in [0.25, 0.3) is 16.6 Å². The van der Waals surface area contributed by atoms with Crippen molar-refractivity contribution >= 4 is 17.4 Å². The highest BCUT2D eigenvalue weighted by Crippen LogP contribution is 2.41. The number of carboxylic acids is 1. The first-order chi connectivity index (χ1) is 17.7. The number of fused-ring (bicyclic) bond motifs is 2. The third-order valence-corrected chi connectivity index (χ3v) is 6.66. The number of aromatic nitrogens is 2. The van der Waals surface area contributed by atoms with Crippen LogP contribution in [-0.4, -0.2) is 45.3 Å². The molecule has 3 heterocycles. The molecule has 3 aromatic rings. The van der Waals surface area contributed by atoms with Crippen LogP contribution in [0, 0.1) is 19.3 Å². The highest BCUT2D eigenvalue weighted by Gasteiger charge is 2.34. The van der Waals surface area contributed by atoms with Gasteiger partial charge < -0.3 is 19.9 Å². The summed E-state index contributed by atoms with van der Waals surface area (Å²) < 4.78 is 13.6. The van der Waals surface area contributed by atoms with Crippen LogP contribution in [0.5, 0.6) is 5.75 Å². The van der Waals surface area contributed by atoms with Crippen molar-refractivity contribution in [2.24, 2.45) is 5.41 Å². The van der Waals surface area contributed by atoms with Gasteiger partial charge in [-0.25, -0.2) is 9.31 Å². The quantitative estimate of drug-likeness (QED) is 0.434. The van der Waals surface area contributed by atoms with Crippen molar-refractivity contribution in [3.05, 3.63) is 52.3 Å². The molecule has 1 atom stereocenters. The maximum Gasteiger partial charge on any atom is 0.337 e. The van der Waals surface area contributed by atoms with Gasteiger partial charge in [-0.1, -0.05) is 26.8 Å². The molecule has 2 aromatic heterocycles. The van der Waals surface area contributed by atoms with E-state index in [1.165, 1.54) is 0 Å². The van der Waals surface area contributed by atoms with Gasteiger partial charge in [-0.05, 0) is 87.3 Å². The normalized spacial score (nSPS) is 14.6. The number of carbonyl (C=O) groups is 2. The van der Waals surface area contributed by atoms with E-state index in [1.54, 1.807) is 10.7 Å². The van der Waals surface area contributed by atoms with Gasteiger partial charge in [0.2, 0.25) is 0 Å². The highest BCUT2D eigenvalue weighted by atomic mass is 16.5. The first kappa shape index (κ1) is 27.6. The fraction of sp³-hybridized carbons (Fsp3) is 0.500. The molecule has 8 nitrogen and oxygen atoms in total. The van der Waals surface area contributed by atoms with E-state index in [0.717, 1.165) is 40.8 Å². The van der Waals surface area contributed by atoms with Gasteiger partial charge in [0.25, 0.3) is 5.91 Å². The molecule has 0 fully saturated rings. The number of rotatable bonds is 6. The Kier molecular flexibility index (Phi) is 7.32. The summed E-state index contributed by atoms with van der Waals surface area (Å²) in [6.07, 6.45) is 2.13. The Bertz CT molecular complexity index is 1390. The summed E-state index contributed by atoms with van der Waals surface area (Å²) in [6, 6.07) is 5.97. The lowest BCUT2D eigenvalue weighted by Gasteiger charge is -2.29. The van der Waals surface area contributed by atoms with Gasteiger partial charge in [0.05, 0.1) is 29.5 Å². The standard InChI is InChI=1S/C30H39N3O5/c1-17-23(20-11-12-22-19(14-20)10-9-13-37-22)24(26(28(35)36)38-30(6,7)8)18(2)33-25(17)21(15-32-33)27(34)31-16-29(3,4)5/h11-12,14-15,26H,9-10,13,16H2,1-8H3,(H,31,34)(H,35,36)/t26-/m0/s1. The number of carbonyl (C=O) groups excluding carboxylic acids is 1. The molecule has 38 heavy (non-hydrogen) atoms. The number of nitrogens with one attached hydrogen (secondary N) is 1. The fourth-order valence-electron chi connectivity index (χ4n) is 4.98. The smallest absolute Gasteiger partial charge is 0.337 e. The van der Waals surface area contributed by atoms with E-state index in [1.807, 2.05) is 46.8 Å². The maximum absolute atomic E-state index is 13.3. The minimum absolute atomic E-state index is 0.0773. The molecule has 204 valence electrons. The predicted octanol–water partition coefficient (Wildman–Crippen LogP) is 5.66. The number of benzene rings is 1. The molecule has 4 rings (SSSR count). The average Bonchev–Trinajstić information content (AvgIpc) is 3.28. The van der Waals surface area contributed by atoms with Gasteiger partial charge in [0.15, 0.2) is 6.10 Å². The number of ether oxygens (including phenoxy) is 2. The predicted molar refractivity (Wildman–Crippen MR) is 147 cm³/mol. The van der Waals surface area contributed by atoms with E-state index in [9.17, 15) is 14.7 Å². The highest BCUT2D eigenvalue weighted by molar-refractivity contribution is 6.03. The molecular weight excluding hydrogens is 482 g/mol. The Balaban J connectivity index is 2.00. The summed E-state index contributed by atoms with van der Waals surface area (Å²) in [6.45, 7) is 16.6. The fourth-order valence-corrected chi connectivity index (χ4v) is 4.98. The maximum atomic E-state index is 13.3. The number of nitrogens with zero attached hydrogens (tertiary/aromatic N) is 2. The van der Waals surface area contributed by atoms with Crippen LogP contribution in [-0.2, 0) is 16.0 Å². The molecule has 0 saturated heterocycles. The van der Waals surface area contributed by atoms with Gasteiger partial charge in [0, 0.05) is 17.8 Å². The number of hydrogen-bond acceptors (Lipinski definition) is 5. The van der Waals surface area contributed by atoms with Crippen molar-refractivity contribution in [3.63, 3.8) is 0 Å². The van der Waals surface area contributed by atoms with Crippen molar-refractivity contribution in [2.75, 3.05) is 13.2 Å².